The SMILES string of the molecule is COCCN1C(=O)[C@H](CC(=O)Nc2ccc(C)cc2)SC1=Nc1ccccc1C. The minimum Gasteiger partial charge on any atom is -0.383 e. The first-order valence-corrected chi connectivity index (χ1v) is 10.3. The Kier molecular flexibility index (Phi) is 7.06. The highest BCUT2D eigenvalue weighted by molar-refractivity contribution is 8.15. The third-order valence-electron chi connectivity index (χ3n) is 4.58. The van der Waals surface area contributed by atoms with Crippen LogP contribution in [-0.4, -0.2) is 47.4 Å². The second-order valence-electron chi connectivity index (χ2n) is 6.89. The zero-order chi connectivity index (χ0) is 20.8. The van der Waals surface area contributed by atoms with Crippen LogP contribution in [0.25, 0.3) is 0 Å². The van der Waals surface area contributed by atoms with Crippen LogP contribution in [0.4, 0.5) is 11.4 Å². The highest BCUT2D eigenvalue weighted by Gasteiger charge is 2.39. The predicted octanol–water partition coefficient (Wildman–Crippen LogP) is 3.91. The minimum atomic E-state index is -0.500. The molecule has 1 N–H and O–H groups in total. The number of anilines is 1. The molecule has 0 aromatic heterocycles. The van der Waals surface area contributed by atoms with Crippen molar-refractivity contribution in [2.24, 2.45) is 4.99 Å². The van der Waals surface area contributed by atoms with Crippen molar-refractivity contribution in [1.29, 1.82) is 0 Å². The van der Waals surface area contributed by atoms with Crippen molar-refractivity contribution in [2.45, 2.75) is 25.5 Å². The normalized spacial score (nSPS) is 17.8. The van der Waals surface area contributed by atoms with E-state index in [0.29, 0.717) is 18.3 Å². The van der Waals surface area contributed by atoms with Crippen molar-refractivity contribution in [1.82, 2.24) is 4.90 Å². The van der Waals surface area contributed by atoms with E-state index in [1.54, 1.807) is 12.0 Å². The Morgan fingerprint density at radius 2 is 1.90 bits per heavy atom. The van der Waals surface area contributed by atoms with Gasteiger partial charge in [-0.05, 0) is 37.6 Å². The fraction of sp³-hybridized carbons (Fsp3) is 0.318. The predicted molar refractivity (Wildman–Crippen MR) is 118 cm³/mol. The lowest BCUT2D eigenvalue weighted by Gasteiger charge is -2.16. The zero-order valence-corrected chi connectivity index (χ0v) is 17.7. The van der Waals surface area contributed by atoms with E-state index in [1.807, 2.05) is 62.4 Å². The second-order valence-corrected chi connectivity index (χ2v) is 8.06. The van der Waals surface area contributed by atoms with Crippen molar-refractivity contribution in [3.8, 4) is 0 Å². The highest BCUT2D eigenvalue weighted by atomic mass is 32.2. The summed E-state index contributed by atoms with van der Waals surface area (Å²) in [5.41, 5.74) is 3.69. The summed E-state index contributed by atoms with van der Waals surface area (Å²) in [4.78, 5) is 31.7. The number of carbonyl (C=O) groups is 2. The van der Waals surface area contributed by atoms with E-state index in [9.17, 15) is 9.59 Å². The van der Waals surface area contributed by atoms with Gasteiger partial charge in [0.2, 0.25) is 11.8 Å². The molecule has 0 saturated carbocycles. The Morgan fingerprint density at radius 3 is 2.59 bits per heavy atom. The largest absolute Gasteiger partial charge is 0.383 e. The third kappa shape index (κ3) is 5.46. The molecule has 7 heteroatoms. The molecule has 1 aliphatic rings. The molecule has 6 nitrogen and oxygen atoms in total. The van der Waals surface area contributed by atoms with Crippen LogP contribution >= 0.6 is 11.8 Å². The molecule has 2 aromatic carbocycles. The van der Waals surface area contributed by atoms with Crippen LogP contribution in [0.15, 0.2) is 53.5 Å². The number of amidine groups is 1. The van der Waals surface area contributed by atoms with Crippen molar-refractivity contribution in [2.75, 3.05) is 25.6 Å². The maximum atomic E-state index is 12.9. The highest BCUT2D eigenvalue weighted by Crippen LogP contribution is 2.32. The lowest BCUT2D eigenvalue weighted by molar-refractivity contribution is -0.128. The van der Waals surface area contributed by atoms with Gasteiger partial charge in [0.05, 0.1) is 18.8 Å². The Bertz CT molecular complexity index is 912. The van der Waals surface area contributed by atoms with Gasteiger partial charge in [0.15, 0.2) is 5.17 Å². The standard InChI is InChI=1S/C22H25N3O3S/c1-15-8-10-17(11-9-15)23-20(26)14-19-21(27)25(12-13-28-3)22(29-19)24-18-7-5-4-6-16(18)2/h4-11,19H,12-14H2,1-3H3,(H,23,26)/t19-/m0/s1. The summed E-state index contributed by atoms with van der Waals surface area (Å²) in [5, 5.41) is 2.97. The lowest BCUT2D eigenvalue weighted by Crippen LogP contribution is -2.35. The molecular weight excluding hydrogens is 386 g/mol. The summed E-state index contributed by atoms with van der Waals surface area (Å²) in [6.45, 7) is 4.78. The first-order chi connectivity index (χ1) is 14.0. The van der Waals surface area contributed by atoms with Crippen molar-refractivity contribution >= 4 is 40.1 Å². The Labute approximate surface area is 175 Å². The monoisotopic (exact) mass is 411 g/mol. The Morgan fingerprint density at radius 1 is 1.17 bits per heavy atom. The molecule has 1 heterocycles. The molecule has 0 bridgehead atoms. The fourth-order valence-electron chi connectivity index (χ4n) is 2.92. The van der Waals surface area contributed by atoms with E-state index in [-0.39, 0.29) is 18.2 Å². The van der Waals surface area contributed by atoms with Crippen LogP contribution < -0.4 is 5.32 Å². The number of hydrogen-bond donors (Lipinski definition) is 1. The first kappa shape index (κ1) is 21.1. The summed E-state index contributed by atoms with van der Waals surface area (Å²) < 4.78 is 5.14. The molecule has 29 heavy (non-hydrogen) atoms. The van der Waals surface area contributed by atoms with E-state index in [2.05, 4.69) is 5.32 Å². The Hall–Kier alpha value is -2.64. The molecule has 0 aliphatic carbocycles. The maximum absolute atomic E-state index is 12.9. The van der Waals surface area contributed by atoms with E-state index in [1.165, 1.54) is 11.8 Å². The number of thioether (sulfide) groups is 1. The fourth-order valence-corrected chi connectivity index (χ4v) is 4.10. The van der Waals surface area contributed by atoms with Gasteiger partial charge in [-0.2, -0.15) is 0 Å². The summed E-state index contributed by atoms with van der Waals surface area (Å²) in [6, 6.07) is 15.3. The summed E-state index contributed by atoms with van der Waals surface area (Å²) in [5.74, 6) is -0.304. The van der Waals surface area contributed by atoms with Gasteiger partial charge < -0.3 is 10.1 Å². The molecule has 152 valence electrons. The molecule has 1 fully saturated rings. The van der Waals surface area contributed by atoms with Gasteiger partial charge in [0.25, 0.3) is 0 Å². The number of nitrogens with one attached hydrogen (secondary N) is 1. The van der Waals surface area contributed by atoms with Crippen LogP contribution in [0.1, 0.15) is 17.5 Å². The van der Waals surface area contributed by atoms with Crippen LogP contribution in [-0.2, 0) is 14.3 Å². The minimum absolute atomic E-state index is 0.0909. The lowest BCUT2D eigenvalue weighted by atomic mass is 10.2. The smallest absolute Gasteiger partial charge is 0.242 e. The number of carbonyl (C=O) groups excluding carboxylic acids is 2. The number of ether oxygens (including phenoxy) is 1. The number of benzene rings is 2. The quantitative estimate of drug-likeness (QED) is 0.750. The van der Waals surface area contributed by atoms with Crippen molar-refractivity contribution in [3.63, 3.8) is 0 Å². The third-order valence-corrected chi connectivity index (χ3v) is 5.75. The second kappa shape index (κ2) is 9.71. The van der Waals surface area contributed by atoms with Crippen LogP contribution in [0.3, 0.4) is 0 Å². The van der Waals surface area contributed by atoms with E-state index < -0.39 is 5.25 Å². The molecule has 0 spiro atoms. The molecule has 1 atom stereocenters. The van der Waals surface area contributed by atoms with Gasteiger partial charge in [-0.3, -0.25) is 14.5 Å². The van der Waals surface area contributed by atoms with Gasteiger partial charge in [-0.25, -0.2) is 4.99 Å². The van der Waals surface area contributed by atoms with Gasteiger partial charge in [0.1, 0.15) is 5.25 Å². The molecule has 1 aliphatic heterocycles. The zero-order valence-electron chi connectivity index (χ0n) is 16.8. The number of hydrogen-bond acceptors (Lipinski definition) is 5. The van der Waals surface area contributed by atoms with Crippen LogP contribution in [0.2, 0.25) is 0 Å². The Balaban J connectivity index is 1.74. The van der Waals surface area contributed by atoms with Gasteiger partial charge in [-0.15, -0.1) is 0 Å². The number of para-hydroxylation sites is 1. The van der Waals surface area contributed by atoms with E-state index >= 15 is 0 Å². The number of aliphatic imine (C=N–C) groups is 1. The number of aryl methyl sites for hydroxylation is 2. The number of methoxy groups -OCH3 is 1. The maximum Gasteiger partial charge on any atom is 0.242 e. The van der Waals surface area contributed by atoms with Gasteiger partial charge in [-0.1, -0.05) is 47.7 Å². The molecule has 2 aromatic rings. The van der Waals surface area contributed by atoms with Gasteiger partial charge in [0, 0.05) is 19.2 Å². The van der Waals surface area contributed by atoms with E-state index in [4.69, 9.17) is 9.73 Å². The summed E-state index contributed by atoms with van der Waals surface area (Å²) in [7, 11) is 1.60. The molecule has 0 unspecified atom stereocenters. The van der Waals surface area contributed by atoms with Crippen LogP contribution in [0, 0.1) is 13.8 Å². The average Bonchev–Trinajstić information content (AvgIpc) is 2.98. The van der Waals surface area contributed by atoms with Crippen molar-refractivity contribution in [3.05, 3.63) is 59.7 Å². The molecule has 1 saturated heterocycles. The number of nitrogens with zero attached hydrogens (tertiary/aromatic N) is 2. The first-order valence-electron chi connectivity index (χ1n) is 9.45. The van der Waals surface area contributed by atoms with E-state index in [0.717, 1.165) is 22.5 Å². The number of rotatable bonds is 7. The summed E-state index contributed by atoms with van der Waals surface area (Å²) in [6.07, 6.45) is 0.0909. The van der Waals surface area contributed by atoms with Crippen molar-refractivity contribution < 1.29 is 14.3 Å². The average molecular weight is 412 g/mol. The summed E-state index contributed by atoms with van der Waals surface area (Å²) >= 11 is 1.33. The molecular formula is C22H25N3O3S. The molecule has 2 amide bonds. The van der Waals surface area contributed by atoms with Crippen LogP contribution in [0.5, 0.6) is 0 Å². The topological polar surface area (TPSA) is 71.0 Å². The van der Waals surface area contributed by atoms with Gasteiger partial charge >= 0.3 is 0 Å². The molecule has 0 radical (unpaired) electrons. The number of amides is 2. The molecule has 3 rings (SSSR count).